The number of nitrogens with zero attached hydrogens (tertiary/aromatic N) is 4. The molecule has 0 radical (unpaired) electrons. The molecule has 1 amide bonds. The van der Waals surface area contributed by atoms with E-state index in [4.69, 9.17) is 0 Å². The predicted molar refractivity (Wildman–Crippen MR) is 94.3 cm³/mol. The Hall–Kier alpha value is -1.75. The average Bonchev–Trinajstić information content (AvgIpc) is 2.59. The Bertz CT molecular complexity index is 598. The molecule has 5 nitrogen and oxygen atoms in total. The molecule has 1 spiro atoms. The van der Waals surface area contributed by atoms with Crippen LogP contribution in [0.4, 0.5) is 0 Å². The Balaban J connectivity index is 1.67. The molecule has 1 aromatic heterocycles. The molecule has 0 aromatic carbocycles. The second-order valence-electron chi connectivity index (χ2n) is 7.31. The van der Waals surface area contributed by atoms with E-state index in [0.29, 0.717) is 13.0 Å². The van der Waals surface area contributed by atoms with Crippen molar-refractivity contribution in [1.29, 1.82) is 0 Å². The molecule has 130 valence electrons. The third-order valence-corrected chi connectivity index (χ3v) is 5.28. The number of carbonyl (C=O) groups is 1. The minimum absolute atomic E-state index is 0.256. The van der Waals surface area contributed by atoms with Crippen LogP contribution in [-0.4, -0.2) is 51.9 Å². The summed E-state index contributed by atoms with van der Waals surface area (Å²) in [6.45, 7) is 8.73. The fourth-order valence-electron chi connectivity index (χ4n) is 4.00. The van der Waals surface area contributed by atoms with E-state index in [1.165, 1.54) is 19.4 Å². The molecule has 3 rings (SSSR count). The summed E-state index contributed by atoms with van der Waals surface area (Å²) in [5.74, 6) is 0.258. The van der Waals surface area contributed by atoms with E-state index in [1.54, 1.807) is 12.4 Å². The molecule has 0 unspecified atom stereocenters. The molecule has 1 atom stereocenters. The van der Waals surface area contributed by atoms with E-state index < -0.39 is 0 Å². The van der Waals surface area contributed by atoms with Gasteiger partial charge in [-0.3, -0.25) is 19.7 Å². The number of likely N-dealkylation sites (tertiary alicyclic amines) is 2. The SMILES string of the molecule is C/C=C/CN1CCC[C@@]2(CCC(=O)N(Cc3cnc(C)cn3)C2)C1. The molecule has 1 aromatic rings. The van der Waals surface area contributed by atoms with Crippen LogP contribution in [0.3, 0.4) is 0 Å². The van der Waals surface area contributed by atoms with E-state index in [9.17, 15) is 4.79 Å². The Morgan fingerprint density at radius 3 is 2.88 bits per heavy atom. The first kappa shape index (κ1) is 17.1. The molecule has 2 saturated heterocycles. The van der Waals surface area contributed by atoms with E-state index in [1.807, 2.05) is 11.8 Å². The summed E-state index contributed by atoms with van der Waals surface area (Å²) >= 11 is 0. The van der Waals surface area contributed by atoms with Crippen molar-refractivity contribution >= 4 is 5.91 Å². The Labute approximate surface area is 144 Å². The normalized spacial score (nSPS) is 25.8. The van der Waals surface area contributed by atoms with Crippen molar-refractivity contribution in [1.82, 2.24) is 19.8 Å². The number of aromatic nitrogens is 2. The lowest BCUT2D eigenvalue weighted by atomic mass is 9.73. The second kappa shape index (κ2) is 7.43. The second-order valence-corrected chi connectivity index (χ2v) is 7.31. The zero-order valence-corrected chi connectivity index (χ0v) is 14.9. The van der Waals surface area contributed by atoms with E-state index in [-0.39, 0.29) is 11.3 Å². The first-order chi connectivity index (χ1) is 11.6. The van der Waals surface area contributed by atoms with Crippen molar-refractivity contribution in [2.24, 2.45) is 5.41 Å². The topological polar surface area (TPSA) is 49.3 Å². The standard InChI is InChI=1S/C19H28N4O/c1-3-4-9-22-10-5-7-19(14-22)8-6-18(24)23(15-19)13-17-12-20-16(2)11-21-17/h3-4,11-12H,5-10,13-15H2,1-2H3/b4-3+/t19-/m1/s1. The summed E-state index contributed by atoms with van der Waals surface area (Å²) in [5, 5.41) is 0. The zero-order valence-electron chi connectivity index (χ0n) is 14.9. The molecule has 5 heteroatoms. The van der Waals surface area contributed by atoms with Gasteiger partial charge in [0.05, 0.1) is 24.1 Å². The average molecular weight is 328 g/mol. The van der Waals surface area contributed by atoms with Crippen LogP contribution in [0.2, 0.25) is 0 Å². The lowest BCUT2D eigenvalue weighted by molar-refractivity contribution is -0.140. The molecule has 2 aliphatic rings. The van der Waals surface area contributed by atoms with Gasteiger partial charge in [0.2, 0.25) is 5.91 Å². The highest BCUT2D eigenvalue weighted by Crippen LogP contribution is 2.39. The number of piperidine rings is 2. The van der Waals surface area contributed by atoms with Gasteiger partial charge in [-0.1, -0.05) is 12.2 Å². The molecule has 0 aliphatic carbocycles. The Morgan fingerprint density at radius 2 is 2.12 bits per heavy atom. The van der Waals surface area contributed by atoms with Gasteiger partial charge in [0.1, 0.15) is 0 Å². The van der Waals surface area contributed by atoms with Gasteiger partial charge in [-0.15, -0.1) is 0 Å². The summed E-state index contributed by atoms with van der Waals surface area (Å²) in [6.07, 6.45) is 12.1. The van der Waals surface area contributed by atoms with E-state index in [0.717, 1.165) is 37.4 Å². The highest BCUT2D eigenvalue weighted by atomic mass is 16.2. The monoisotopic (exact) mass is 328 g/mol. The highest BCUT2D eigenvalue weighted by molar-refractivity contribution is 5.77. The molecule has 2 aliphatic heterocycles. The molecule has 24 heavy (non-hydrogen) atoms. The summed E-state index contributed by atoms with van der Waals surface area (Å²) < 4.78 is 0. The maximum Gasteiger partial charge on any atom is 0.222 e. The Morgan fingerprint density at radius 1 is 1.25 bits per heavy atom. The van der Waals surface area contributed by atoms with Crippen LogP contribution in [0.1, 0.15) is 44.0 Å². The molecule has 0 bridgehead atoms. The summed E-state index contributed by atoms with van der Waals surface area (Å²) in [5.41, 5.74) is 2.05. The molecule has 2 fully saturated rings. The first-order valence-electron chi connectivity index (χ1n) is 8.99. The molecular weight excluding hydrogens is 300 g/mol. The minimum atomic E-state index is 0.256. The number of aryl methyl sites for hydroxylation is 1. The molecule has 0 N–H and O–H groups in total. The van der Waals surface area contributed by atoms with Crippen LogP contribution in [0.25, 0.3) is 0 Å². The number of hydrogen-bond acceptors (Lipinski definition) is 4. The van der Waals surface area contributed by atoms with Crippen molar-refractivity contribution in [3.63, 3.8) is 0 Å². The maximum atomic E-state index is 12.4. The van der Waals surface area contributed by atoms with Crippen LogP contribution in [0, 0.1) is 12.3 Å². The first-order valence-corrected chi connectivity index (χ1v) is 8.99. The van der Waals surface area contributed by atoms with Crippen LogP contribution < -0.4 is 0 Å². The number of allylic oxidation sites excluding steroid dienone is 1. The fourth-order valence-corrected chi connectivity index (χ4v) is 4.00. The van der Waals surface area contributed by atoms with Crippen molar-refractivity contribution < 1.29 is 4.79 Å². The van der Waals surface area contributed by atoms with Crippen molar-refractivity contribution in [3.05, 3.63) is 35.9 Å². The largest absolute Gasteiger partial charge is 0.336 e. The minimum Gasteiger partial charge on any atom is -0.336 e. The maximum absolute atomic E-state index is 12.4. The number of carbonyl (C=O) groups excluding carboxylic acids is 1. The summed E-state index contributed by atoms with van der Waals surface area (Å²) in [7, 11) is 0. The van der Waals surface area contributed by atoms with Gasteiger partial charge in [-0.25, -0.2) is 0 Å². The predicted octanol–water partition coefficient (Wildman–Crippen LogP) is 2.57. The molecule has 0 saturated carbocycles. The summed E-state index contributed by atoms with van der Waals surface area (Å²) in [6, 6.07) is 0. The Kier molecular flexibility index (Phi) is 5.29. The molecule has 3 heterocycles. The van der Waals surface area contributed by atoms with Gasteiger partial charge < -0.3 is 4.90 Å². The zero-order chi connectivity index (χ0) is 17.0. The molecular formula is C19H28N4O. The van der Waals surface area contributed by atoms with Gasteiger partial charge in [0, 0.05) is 37.7 Å². The van der Waals surface area contributed by atoms with E-state index in [2.05, 4.69) is 33.9 Å². The number of hydrogen-bond donors (Lipinski definition) is 0. The van der Waals surface area contributed by atoms with Crippen LogP contribution >= 0.6 is 0 Å². The lowest BCUT2D eigenvalue weighted by Crippen LogP contribution is -2.53. The smallest absolute Gasteiger partial charge is 0.222 e. The van der Waals surface area contributed by atoms with Crippen molar-refractivity contribution in [3.8, 4) is 0 Å². The number of rotatable bonds is 4. The third-order valence-electron chi connectivity index (χ3n) is 5.28. The van der Waals surface area contributed by atoms with Gasteiger partial charge in [0.15, 0.2) is 0 Å². The third kappa shape index (κ3) is 4.01. The van der Waals surface area contributed by atoms with Crippen LogP contribution in [0.5, 0.6) is 0 Å². The van der Waals surface area contributed by atoms with Gasteiger partial charge >= 0.3 is 0 Å². The highest BCUT2D eigenvalue weighted by Gasteiger charge is 2.41. The van der Waals surface area contributed by atoms with E-state index >= 15 is 0 Å². The van der Waals surface area contributed by atoms with Crippen LogP contribution in [-0.2, 0) is 11.3 Å². The quantitative estimate of drug-likeness (QED) is 0.797. The van der Waals surface area contributed by atoms with Crippen molar-refractivity contribution in [2.45, 2.75) is 46.1 Å². The lowest BCUT2D eigenvalue weighted by Gasteiger charge is -2.48. The number of amides is 1. The van der Waals surface area contributed by atoms with Gasteiger partial charge in [-0.05, 0) is 39.7 Å². The van der Waals surface area contributed by atoms with Gasteiger partial charge in [0.25, 0.3) is 0 Å². The van der Waals surface area contributed by atoms with Gasteiger partial charge in [-0.2, -0.15) is 0 Å². The van der Waals surface area contributed by atoms with Crippen LogP contribution in [0.15, 0.2) is 24.5 Å². The van der Waals surface area contributed by atoms with Crippen molar-refractivity contribution in [2.75, 3.05) is 26.2 Å². The summed E-state index contributed by atoms with van der Waals surface area (Å²) in [4.78, 5) is 25.7. The fraction of sp³-hybridized carbons (Fsp3) is 0.632.